The molecule has 0 unspecified atom stereocenters. The Hall–Kier alpha value is -0.840. The summed E-state index contributed by atoms with van der Waals surface area (Å²) in [5, 5.41) is 8.39. The average molecular weight is 206 g/mol. The molecule has 0 saturated carbocycles. The van der Waals surface area contributed by atoms with Crippen LogP contribution < -0.4 is 10.2 Å². The van der Waals surface area contributed by atoms with E-state index >= 15 is 0 Å². The largest absolute Gasteiger partial charge is 0.494 e. The Morgan fingerprint density at radius 3 is 2.85 bits per heavy atom. The summed E-state index contributed by atoms with van der Waals surface area (Å²) in [6, 6.07) is 2.88. The quantitative estimate of drug-likeness (QED) is 0.742. The second kappa shape index (κ2) is 4.41. The van der Waals surface area contributed by atoms with Crippen molar-refractivity contribution >= 4 is 11.6 Å². The van der Waals surface area contributed by atoms with Gasteiger partial charge in [-0.2, -0.15) is 0 Å². The minimum atomic E-state index is -0.592. The molecule has 2 N–H and O–H groups in total. The van der Waals surface area contributed by atoms with Gasteiger partial charge in [0.1, 0.15) is 0 Å². The average Bonchev–Trinajstić information content (AvgIpc) is 2.11. The molecule has 0 aliphatic carbocycles. The van der Waals surface area contributed by atoms with E-state index in [0.717, 1.165) is 0 Å². The fraction of sp³-hybridized carbons (Fsp3) is 0.250. The zero-order chi connectivity index (χ0) is 9.84. The first-order valence-corrected chi connectivity index (χ1v) is 3.95. The van der Waals surface area contributed by atoms with Crippen LogP contribution >= 0.6 is 11.6 Å². The Bertz CT molecular complexity index is 306. The van der Waals surface area contributed by atoms with Crippen molar-refractivity contribution in [1.82, 2.24) is 5.48 Å². The maximum Gasteiger partial charge on any atom is 0.183 e. The van der Waals surface area contributed by atoms with E-state index in [4.69, 9.17) is 21.5 Å². The van der Waals surface area contributed by atoms with Gasteiger partial charge in [0.15, 0.2) is 11.6 Å². The number of methoxy groups -OCH3 is 1. The van der Waals surface area contributed by atoms with Crippen molar-refractivity contribution in [3.8, 4) is 5.75 Å². The molecule has 0 aromatic heterocycles. The van der Waals surface area contributed by atoms with Crippen LogP contribution in [0.2, 0.25) is 5.02 Å². The zero-order valence-electron chi connectivity index (χ0n) is 6.97. The number of rotatable bonds is 3. The highest BCUT2D eigenvalue weighted by atomic mass is 35.5. The van der Waals surface area contributed by atoms with Gasteiger partial charge in [-0.25, -0.2) is 9.87 Å². The molecule has 72 valence electrons. The maximum atomic E-state index is 13.1. The summed E-state index contributed by atoms with van der Waals surface area (Å²) in [5.41, 5.74) is 2.59. The van der Waals surface area contributed by atoms with Gasteiger partial charge >= 0.3 is 0 Å². The Morgan fingerprint density at radius 2 is 2.31 bits per heavy atom. The molecule has 0 atom stereocenters. The van der Waals surface area contributed by atoms with E-state index in [1.54, 1.807) is 0 Å². The van der Waals surface area contributed by atoms with Crippen molar-refractivity contribution in [2.45, 2.75) is 6.54 Å². The Kier molecular flexibility index (Phi) is 3.48. The number of benzene rings is 1. The molecule has 1 aromatic carbocycles. The lowest BCUT2D eigenvalue weighted by atomic mass is 10.2. The van der Waals surface area contributed by atoms with Crippen molar-refractivity contribution in [3.63, 3.8) is 0 Å². The Morgan fingerprint density at radius 1 is 1.62 bits per heavy atom. The molecule has 0 spiro atoms. The molecule has 0 aliphatic heterocycles. The van der Waals surface area contributed by atoms with Crippen molar-refractivity contribution < 1.29 is 14.3 Å². The van der Waals surface area contributed by atoms with Gasteiger partial charge in [-0.05, 0) is 17.7 Å². The topological polar surface area (TPSA) is 41.5 Å². The third-order valence-corrected chi connectivity index (χ3v) is 1.83. The molecule has 5 heteroatoms. The van der Waals surface area contributed by atoms with Crippen molar-refractivity contribution in [2.75, 3.05) is 7.11 Å². The molecule has 0 aliphatic rings. The van der Waals surface area contributed by atoms with E-state index in [1.807, 2.05) is 5.48 Å². The summed E-state index contributed by atoms with van der Waals surface area (Å²) in [5.74, 6) is -0.524. The van der Waals surface area contributed by atoms with Gasteiger partial charge in [0.25, 0.3) is 0 Å². The van der Waals surface area contributed by atoms with Crippen LogP contribution in [-0.2, 0) is 6.54 Å². The van der Waals surface area contributed by atoms with Gasteiger partial charge < -0.3 is 9.94 Å². The molecular weight excluding hydrogens is 197 g/mol. The fourth-order valence-corrected chi connectivity index (χ4v) is 1.19. The molecule has 1 aromatic rings. The highest BCUT2D eigenvalue weighted by molar-refractivity contribution is 6.30. The lowest BCUT2D eigenvalue weighted by Crippen LogP contribution is -2.06. The van der Waals surface area contributed by atoms with Crippen molar-refractivity contribution in [1.29, 1.82) is 0 Å². The van der Waals surface area contributed by atoms with Gasteiger partial charge in [-0.15, -0.1) is 0 Å². The second-order valence-corrected chi connectivity index (χ2v) is 2.84. The highest BCUT2D eigenvalue weighted by Crippen LogP contribution is 2.26. The normalized spacial score (nSPS) is 10.2. The van der Waals surface area contributed by atoms with E-state index in [0.29, 0.717) is 5.56 Å². The lowest BCUT2D eigenvalue weighted by molar-refractivity contribution is 0.161. The third kappa shape index (κ3) is 2.30. The summed E-state index contributed by atoms with van der Waals surface area (Å²) in [4.78, 5) is 0. The van der Waals surface area contributed by atoms with Gasteiger partial charge in [0.05, 0.1) is 12.1 Å². The van der Waals surface area contributed by atoms with E-state index in [2.05, 4.69) is 0 Å². The van der Waals surface area contributed by atoms with Crippen LogP contribution in [-0.4, -0.2) is 12.3 Å². The Balaban J connectivity index is 3.06. The first-order valence-electron chi connectivity index (χ1n) is 3.58. The van der Waals surface area contributed by atoms with Gasteiger partial charge in [-0.1, -0.05) is 11.6 Å². The smallest absolute Gasteiger partial charge is 0.183 e. The molecule has 0 fully saturated rings. The summed E-state index contributed by atoms with van der Waals surface area (Å²) in [6.07, 6.45) is 0. The SMILES string of the molecule is COc1cc(CNO)cc(Cl)c1F. The van der Waals surface area contributed by atoms with Crippen LogP contribution in [0.3, 0.4) is 0 Å². The zero-order valence-corrected chi connectivity index (χ0v) is 7.73. The summed E-state index contributed by atoms with van der Waals surface area (Å²) in [7, 11) is 1.35. The van der Waals surface area contributed by atoms with Gasteiger partial charge in [0, 0.05) is 6.54 Å². The highest BCUT2D eigenvalue weighted by Gasteiger charge is 2.08. The first-order chi connectivity index (χ1) is 6.19. The van der Waals surface area contributed by atoms with Crippen molar-refractivity contribution in [3.05, 3.63) is 28.5 Å². The van der Waals surface area contributed by atoms with Crippen LogP contribution in [0.4, 0.5) is 4.39 Å². The number of hydrogen-bond acceptors (Lipinski definition) is 3. The van der Waals surface area contributed by atoms with Crippen molar-refractivity contribution in [2.24, 2.45) is 0 Å². The third-order valence-electron chi connectivity index (χ3n) is 1.56. The van der Waals surface area contributed by atoms with Gasteiger partial charge in [-0.3, -0.25) is 0 Å². The molecular formula is C8H9ClFNO2. The number of nitrogens with one attached hydrogen (secondary N) is 1. The minimum Gasteiger partial charge on any atom is -0.494 e. The maximum absolute atomic E-state index is 13.1. The monoisotopic (exact) mass is 205 g/mol. The number of hydrogen-bond donors (Lipinski definition) is 2. The van der Waals surface area contributed by atoms with Crippen LogP contribution in [0, 0.1) is 5.82 Å². The van der Waals surface area contributed by atoms with Crippen LogP contribution in [0.15, 0.2) is 12.1 Å². The summed E-state index contributed by atoms with van der Waals surface area (Å²) in [6.45, 7) is 0.191. The standard InChI is InChI=1S/C8H9ClFNO2/c1-13-7-3-5(4-11-12)2-6(9)8(7)10/h2-3,11-12H,4H2,1H3. The predicted molar refractivity (Wildman–Crippen MR) is 46.6 cm³/mol. The number of halogens is 2. The molecule has 3 nitrogen and oxygen atoms in total. The molecule has 0 amide bonds. The number of hydroxylamine groups is 1. The van der Waals surface area contributed by atoms with Gasteiger partial charge in [0.2, 0.25) is 0 Å². The van der Waals surface area contributed by atoms with Crippen LogP contribution in [0.5, 0.6) is 5.75 Å². The van der Waals surface area contributed by atoms with E-state index < -0.39 is 5.82 Å². The molecule has 0 radical (unpaired) electrons. The van der Waals surface area contributed by atoms with Crippen LogP contribution in [0.25, 0.3) is 0 Å². The predicted octanol–water partition coefficient (Wildman–Crippen LogP) is 1.97. The van der Waals surface area contributed by atoms with E-state index in [-0.39, 0.29) is 17.3 Å². The minimum absolute atomic E-state index is 0.0235. The molecule has 13 heavy (non-hydrogen) atoms. The van der Waals surface area contributed by atoms with E-state index in [1.165, 1.54) is 19.2 Å². The lowest BCUT2D eigenvalue weighted by Gasteiger charge is -2.06. The fourth-order valence-electron chi connectivity index (χ4n) is 0.959. The Labute approximate surface area is 80.0 Å². The summed E-state index contributed by atoms with van der Waals surface area (Å²) >= 11 is 5.57. The second-order valence-electron chi connectivity index (χ2n) is 2.43. The summed E-state index contributed by atoms with van der Waals surface area (Å²) < 4.78 is 17.8. The van der Waals surface area contributed by atoms with Crippen LogP contribution in [0.1, 0.15) is 5.56 Å². The molecule has 0 heterocycles. The molecule has 1 rings (SSSR count). The molecule has 0 saturated heterocycles. The van der Waals surface area contributed by atoms with E-state index in [9.17, 15) is 4.39 Å². The number of ether oxygens (including phenoxy) is 1. The first kappa shape index (κ1) is 10.2. The molecule has 0 bridgehead atoms.